The van der Waals surface area contributed by atoms with Gasteiger partial charge < -0.3 is 15.4 Å². The molecule has 3 rings (SSSR count). The number of carbonyl (C=O) groups is 2. The lowest BCUT2D eigenvalue weighted by molar-refractivity contribution is -0.131. The van der Waals surface area contributed by atoms with E-state index in [9.17, 15) is 9.59 Å². The van der Waals surface area contributed by atoms with Gasteiger partial charge in [0.1, 0.15) is 6.54 Å². The number of carbonyl (C=O) groups excluding carboxylic acids is 2. The monoisotopic (exact) mass is 379 g/mol. The van der Waals surface area contributed by atoms with Crippen LogP contribution in [-0.4, -0.2) is 36.3 Å². The lowest BCUT2D eigenvalue weighted by Crippen LogP contribution is -2.45. The maximum absolute atomic E-state index is 13.1. The average molecular weight is 379 g/mol. The molecule has 0 radical (unpaired) electrons. The van der Waals surface area contributed by atoms with Gasteiger partial charge in [-0.25, -0.2) is 0 Å². The van der Waals surface area contributed by atoms with Gasteiger partial charge in [-0.1, -0.05) is 29.8 Å². The molecule has 2 aromatic rings. The second-order valence-electron chi connectivity index (χ2n) is 6.71. The molecule has 2 aromatic carbocycles. The number of likely N-dealkylation sites (N-methyl/N-ethyl adjacent to an activating group) is 1. The Morgan fingerprint density at radius 2 is 1.93 bits per heavy atom. The van der Waals surface area contributed by atoms with Gasteiger partial charge >= 0.3 is 0 Å². The Kier molecular flexibility index (Phi) is 5.68. The van der Waals surface area contributed by atoms with Crippen molar-refractivity contribution >= 4 is 29.3 Å². The number of fused-ring (bicyclic) bond motifs is 1. The Balaban J connectivity index is 2.00. The van der Waals surface area contributed by atoms with Gasteiger partial charge in [0.05, 0.1) is 5.69 Å². The third-order valence-corrected chi connectivity index (χ3v) is 4.70. The first-order valence-electron chi connectivity index (χ1n) is 9.38. The number of nitrogen functional groups attached to an aromatic ring is 1. The highest BCUT2D eigenvalue weighted by atomic mass is 16.5. The van der Waals surface area contributed by atoms with Crippen molar-refractivity contribution in [3.05, 3.63) is 59.4 Å². The van der Waals surface area contributed by atoms with Crippen molar-refractivity contribution in [3.8, 4) is 5.75 Å². The average Bonchev–Trinajstić information content (AvgIpc) is 2.66. The van der Waals surface area contributed by atoms with Gasteiger partial charge in [0.2, 0.25) is 5.91 Å². The van der Waals surface area contributed by atoms with Gasteiger partial charge in [-0.2, -0.15) is 0 Å². The van der Waals surface area contributed by atoms with Gasteiger partial charge in [0, 0.05) is 24.8 Å². The molecular weight excluding hydrogens is 354 g/mol. The van der Waals surface area contributed by atoms with E-state index in [2.05, 4.69) is 0 Å². The van der Waals surface area contributed by atoms with Crippen LogP contribution in [0.3, 0.4) is 0 Å². The third kappa shape index (κ3) is 4.01. The summed E-state index contributed by atoms with van der Waals surface area (Å²) < 4.78 is 5.86. The van der Waals surface area contributed by atoms with E-state index in [-0.39, 0.29) is 24.1 Å². The highest BCUT2D eigenvalue weighted by molar-refractivity contribution is 6.12. The number of anilines is 2. The normalized spacial score (nSPS) is 14.6. The number of aryl methyl sites for hydroxylation is 1. The molecule has 6 heteroatoms. The molecule has 6 nitrogen and oxygen atoms in total. The zero-order valence-electron chi connectivity index (χ0n) is 16.4. The lowest BCUT2D eigenvalue weighted by atomic mass is 10.1. The van der Waals surface area contributed by atoms with E-state index in [1.54, 1.807) is 29.2 Å². The van der Waals surface area contributed by atoms with Crippen molar-refractivity contribution in [2.75, 3.05) is 30.3 Å². The first-order valence-corrected chi connectivity index (χ1v) is 9.38. The Morgan fingerprint density at radius 1 is 1.18 bits per heavy atom. The summed E-state index contributed by atoms with van der Waals surface area (Å²) in [4.78, 5) is 28.9. The maximum Gasteiger partial charge on any atom is 0.294 e. The van der Waals surface area contributed by atoms with E-state index >= 15 is 0 Å². The van der Waals surface area contributed by atoms with Crippen LogP contribution in [0.4, 0.5) is 11.4 Å². The zero-order valence-corrected chi connectivity index (χ0v) is 16.4. The summed E-state index contributed by atoms with van der Waals surface area (Å²) in [5, 5.41) is 0. The molecule has 2 N–H and O–H groups in total. The van der Waals surface area contributed by atoms with Crippen LogP contribution in [0, 0.1) is 6.92 Å². The van der Waals surface area contributed by atoms with Crippen LogP contribution in [0.2, 0.25) is 0 Å². The van der Waals surface area contributed by atoms with E-state index in [0.717, 1.165) is 11.1 Å². The Hall–Kier alpha value is -3.28. The Morgan fingerprint density at radius 3 is 2.61 bits per heavy atom. The van der Waals surface area contributed by atoms with Crippen LogP contribution in [0.25, 0.3) is 6.08 Å². The van der Waals surface area contributed by atoms with Crippen molar-refractivity contribution in [3.63, 3.8) is 0 Å². The highest BCUT2D eigenvalue weighted by Gasteiger charge is 2.32. The number of ether oxygens (including phenoxy) is 1. The third-order valence-electron chi connectivity index (χ3n) is 4.70. The molecule has 0 aromatic heterocycles. The molecule has 0 atom stereocenters. The quantitative estimate of drug-likeness (QED) is 0.639. The fourth-order valence-corrected chi connectivity index (χ4v) is 3.21. The molecule has 28 heavy (non-hydrogen) atoms. The van der Waals surface area contributed by atoms with Crippen molar-refractivity contribution in [2.24, 2.45) is 0 Å². The van der Waals surface area contributed by atoms with Crippen LogP contribution >= 0.6 is 0 Å². The summed E-state index contributed by atoms with van der Waals surface area (Å²) in [5.74, 6) is 0.166. The molecule has 0 spiro atoms. The standard InChI is InChI=1S/C22H25N3O3/c1-4-24(5-2)21(26)14-25-18-10-9-17(23)13-19(18)28-20(22(25)27)12-16-8-6-7-15(3)11-16/h6-13H,4-5,14,23H2,1-3H3/b20-12+. The predicted molar refractivity (Wildman–Crippen MR) is 111 cm³/mol. The Labute approximate surface area is 165 Å². The summed E-state index contributed by atoms with van der Waals surface area (Å²) in [7, 11) is 0. The lowest BCUT2D eigenvalue weighted by Gasteiger charge is -2.31. The summed E-state index contributed by atoms with van der Waals surface area (Å²) in [5.41, 5.74) is 8.89. The molecule has 0 unspecified atom stereocenters. The van der Waals surface area contributed by atoms with Gasteiger partial charge in [0.15, 0.2) is 11.5 Å². The van der Waals surface area contributed by atoms with E-state index in [4.69, 9.17) is 10.5 Å². The van der Waals surface area contributed by atoms with Crippen molar-refractivity contribution in [1.82, 2.24) is 4.90 Å². The molecule has 146 valence electrons. The van der Waals surface area contributed by atoms with E-state index in [1.807, 2.05) is 45.0 Å². The minimum Gasteiger partial charge on any atom is -0.449 e. The molecular formula is C22H25N3O3. The number of rotatable bonds is 5. The first-order chi connectivity index (χ1) is 13.4. The fourth-order valence-electron chi connectivity index (χ4n) is 3.21. The van der Waals surface area contributed by atoms with Crippen molar-refractivity contribution < 1.29 is 14.3 Å². The van der Waals surface area contributed by atoms with Gasteiger partial charge in [-0.3, -0.25) is 14.5 Å². The molecule has 0 saturated carbocycles. The summed E-state index contributed by atoms with van der Waals surface area (Å²) >= 11 is 0. The molecule has 0 bridgehead atoms. The number of nitrogens with zero attached hydrogens (tertiary/aromatic N) is 2. The van der Waals surface area contributed by atoms with E-state index < -0.39 is 0 Å². The van der Waals surface area contributed by atoms with Crippen LogP contribution in [0.1, 0.15) is 25.0 Å². The number of hydrogen-bond acceptors (Lipinski definition) is 4. The first kappa shape index (κ1) is 19.5. The molecule has 1 heterocycles. The second kappa shape index (κ2) is 8.17. The zero-order chi connectivity index (χ0) is 20.3. The fraction of sp³-hybridized carbons (Fsp3) is 0.273. The van der Waals surface area contributed by atoms with Crippen LogP contribution in [0.15, 0.2) is 48.2 Å². The van der Waals surface area contributed by atoms with Gasteiger partial charge in [0.25, 0.3) is 5.91 Å². The summed E-state index contributed by atoms with van der Waals surface area (Å²) in [6.07, 6.45) is 1.69. The maximum atomic E-state index is 13.1. The number of amides is 2. The Bertz CT molecular complexity index is 932. The van der Waals surface area contributed by atoms with E-state index in [0.29, 0.717) is 30.2 Å². The van der Waals surface area contributed by atoms with Crippen molar-refractivity contribution in [1.29, 1.82) is 0 Å². The topological polar surface area (TPSA) is 75.9 Å². The molecule has 0 aliphatic carbocycles. The molecule has 1 aliphatic rings. The van der Waals surface area contributed by atoms with Crippen LogP contribution in [0.5, 0.6) is 5.75 Å². The van der Waals surface area contributed by atoms with Crippen molar-refractivity contribution in [2.45, 2.75) is 20.8 Å². The van der Waals surface area contributed by atoms with Gasteiger partial charge in [-0.15, -0.1) is 0 Å². The summed E-state index contributed by atoms with van der Waals surface area (Å²) in [6, 6.07) is 12.8. The van der Waals surface area contributed by atoms with E-state index in [1.165, 1.54) is 4.90 Å². The summed E-state index contributed by atoms with van der Waals surface area (Å²) in [6.45, 7) is 6.95. The number of nitrogens with two attached hydrogens (primary N) is 1. The molecule has 0 saturated heterocycles. The van der Waals surface area contributed by atoms with Gasteiger partial charge in [-0.05, 0) is 44.5 Å². The molecule has 1 aliphatic heterocycles. The highest BCUT2D eigenvalue weighted by Crippen LogP contribution is 2.37. The predicted octanol–water partition coefficient (Wildman–Crippen LogP) is 3.21. The SMILES string of the molecule is CCN(CC)C(=O)CN1C(=O)/C(=C\c2cccc(C)c2)Oc2cc(N)ccc21. The second-order valence-corrected chi connectivity index (χ2v) is 6.71. The number of hydrogen-bond donors (Lipinski definition) is 1. The smallest absolute Gasteiger partial charge is 0.294 e. The molecule has 2 amide bonds. The minimum absolute atomic E-state index is 0.0497. The van der Waals surface area contributed by atoms with Crippen LogP contribution < -0.4 is 15.4 Å². The number of benzene rings is 2. The minimum atomic E-state index is -0.348. The largest absolute Gasteiger partial charge is 0.449 e. The van der Waals surface area contributed by atoms with Crippen LogP contribution in [-0.2, 0) is 9.59 Å². The molecule has 0 fully saturated rings.